The van der Waals surface area contributed by atoms with E-state index < -0.39 is 8.07 Å². The quantitative estimate of drug-likeness (QED) is 0.566. The van der Waals surface area contributed by atoms with Gasteiger partial charge in [-0.2, -0.15) is 0 Å². The van der Waals surface area contributed by atoms with Crippen molar-refractivity contribution in [2.75, 3.05) is 0 Å². The number of aldehydes is 1. The normalized spacial score (nSPS) is 11.7. The Hall–Kier alpha value is -0.903. The van der Waals surface area contributed by atoms with Gasteiger partial charge in [0.2, 0.25) is 0 Å². The number of hydrogen-bond acceptors (Lipinski definition) is 2. The molecule has 1 rings (SSSR count). The van der Waals surface area contributed by atoms with E-state index in [1.54, 1.807) is 6.20 Å². The Labute approximate surface area is 92.5 Å². The first-order chi connectivity index (χ1) is 7.15. The zero-order valence-electron chi connectivity index (χ0n) is 10.1. The van der Waals surface area contributed by atoms with Crippen LogP contribution in [-0.2, 0) is 7.05 Å². The van der Waals surface area contributed by atoms with Gasteiger partial charge in [0.05, 0.1) is 11.6 Å². The molecule has 0 aliphatic heterocycles. The predicted octanol–water partition coefficient (Wildman–Crippen LogP) is 1.95. The fraction of sp³-hybridized carbons (Fsp3) is 0.636. The molecule has 1 aromatic rings. The number of hydrogen-bond donors (Lipinski definition) is 0. The second kappa shape index (κ2) is 4.75. The molecule has 0 radical (unpaired) electrons. The fourth-order valence-corrected chi connectivity index (χ4v) is 5.88. The first-order valence-corrected chi connectivity index (χ1v) is 8.24. The number of aromatic nitrogens is 2. The Morgan fingerprint density at radius 3 is 2.20 bits per heavy atom. The van der Waals surface area contributed by atoms with Gasteiger partial charge in [0, 0.05) is 7.05 Å². The molecule has 1 heterocycles. The second-order valence-electron chi connectivity index (χ2n) is 4.02. The molecule has 84 valence electrons. The summed E-state index contributed by atoms with van der Waals surface area (Å²) >= 11 is 0. The summed E-state index contributed by atoms with van der Waals surface area (Å²) in [5.74, 6) is 0. The minimum absolute atomic E-state index is 0.692. The molecule has 1 aromatic heterocycles. The van der Waals surface area contributed by atoms with Crippen LogP contribution in [0, 0.1) is 0 Å². The third-order valence-corrected chi connectivity index (χ3v) is 9.12. The summed E-state index contributed by atoms with van der Waals surface area (Å²) in [6, 6.07) is 3.59. The molecule has 0 amide bonds. The van der Waals surface area contributed by atoms with E-state index in [0.717, 1.165) is 6.29 Å². The molecule has 0 aliphatic carbocycles. The van der Waals surface area contributed by atoms with E-state index in [0.29, 0.717) is 5.69 Å². The van der Waals surface area contributed by atoms with Crippen LogP contribution in [0.5, 0.6) is 0 Å². The van der Waals surface area contributed by atoms with Gasteiger partial charge >= 0.3 is 0 Å². The maximum absolute atomic E-state index is 10.8. The summed E-state index contributed by atoms with van der Waals surface area (Å²) in [6.07, 6.45) is 2.59. The minimum atomic E-state index is -1.44. The summed E-state index contributed by atoms with van der Waals surface area (Å²) in [7, 11) is 0.513. The van der Waals surface area contributed by atoms with Crippen molar-refractivity contribution in [1.29, 1.82) is 0 Å². The lowest BCUT2D eigenvalue weighted by molar-refractivity contribution is 0.111. The van der Waals surface area contributed by atoms with Gasteiger partial charge in [0.15, 0.2) is 6.29 Å². The van der Waals surface area contributed by atoms with Gasteiger partial charge in [-0.3, -0.25) is 4.79 Å². The molecule has 3 nitrogen and oxygen atoms in total. The van der Waals surface area contributed by atoms with Crippen LogP contribution in [-0.4, -0.2) is 23.9 Å². The van der Waals surface area contributed by atoms with Gasteiger partial charge in [0.1, 0.15) is 13.8 Å². The van der Waals surface area contributed by atoms with E-state index in [9.17, 15) is 4.79 Å². The number of rotatable bonds is 5. The van der Waals surface area contributed by atoms with E-state index in [-0.39, 0.29) is 0 Å². The third-order valence-electron chi connectivity index (χ3n) is 3.65. The molecule has 0 bridgehead atoms. The summed E-state index contributed by atoms with van der Waals surface area (Å²) in [6.45, 7) is 6.73. The van der Waals surface area contributed by atoms with E-state index in [4.69, 9.17) is 0 Å². The molecule has 0 saturated heterocycles. The van der Waals surface area contributed by atoms with E-state index in [1.165, 1.54) is 23.6 Å². The van der Waals surface area contributed by atoms with E-state index >= 15 is 0 Å². The lowest BCUT2D eigenvalue weighted by Crippen LogP contribution is -2.50. The van der Waals surface area contributed by atoms with Crippen molar-refractivity contribution in [3.05, 3.63) is 11.9 Å². The molecule has 0 atom stereocenters. The van der Waals surface area contributed by atoms with Gasteiger partial charge in [-0.1, -0.05) is 38.9 Å². The average molecular weight is 224 g/mol. The monoisotopic (exact) mass is 224 g/mol. The van der Waals surface area contributed by atoms with Crippen LogP contribution in [0.25, 0.3) is 0 Å². The van der Waals surface area contributed by atoms with Crippen molar-refractivity contribution >= 4 is 19.8 Å². The van der Waals surface area contributed by atoms with E-state index in [1.807, 2.05) is 11.6 Å². The molecule has 0 aromatic carbocycles. The highest BCUT2D eigenvalue weighted by Crippen LogP contribution is 2.19. The molecule has 4 heteroatoms. The lowest BCUT2D eigenvalue weighted by Gasteiger charge is -2.27. The average Bonchev–Trinajstić information content (AvgIpc) is 2.64. The molecule has 0 spiro atoms. The number of nitrogens with zero attached hydrogens (tertiary/aromatic N) is 2. The molecule has 0 aliphatic rings. The van der Waals surface area contributed by atoms with Crippen molar-refractivity contribution in [3.8, 4) is 0 Å². The highest BCUT2D eigenvalue weighted by atomic mass is 28.3. The Morgan fingerprint density at radius 2 is 1.87 bits per heavy atom. The van der Waals surface area contributed by atoms with Crippen LogP contribution in [0.2, 0.25) is 18.1 Å². The predicted molar refractivity (Wildman–Crippen MR) is 65.4 cm³/mol. The highest BCUT2D eigenvalue weighted by molar-refractivity contribution is 6.90. The van der Waals surface area contributed by atoms with Gasteiger partial charge in [-0.05, 0) is 0 Å². The zero-order valence-corrected chi connectivity index (χ0v) is 11.1. The molecular formula is C11H20N2OSi. The third kappa shape index (κ3) is 1.90. The van der Waals surface area contributed by atoms with Crippen LogP contribution in [0.4, 0.5) is 0 Å². The lowest BCUT2D eigenvalue weighted by atomic mass is 10.5. The highest BCUT2D eigenvalue weighted by Gasteiger charge is 2.33. The molecule has 0 fully saturated rings. The molecule has 15 heavy (non-hydrogen) atoms. The summed E-state index contributed by atoms with van der Waals surface area (Å²) in [5.41, 5.74) is 1.87. The van der Waals surface area contributed by atoms with Crippen LogP contribution >= 0.6 is 0 Å². The van der Waals surface area contributed by atoms with Crippen LogP contribution in [0.3, 0.4) is 0 Å². The SMILES string of the molecule is CC[Si](CC)(CC)c1ncc(C=O)n1C. The topological polar surface area (TPSA) is 34.9 Å². The van der Waals surface area contributed by atoms with Crippen molar-refractivity contribution in [2.24, 2.45) is 7.05 Å². The van der Waals surface area contributed by atoms with Crippen molar-refractivity contribution in [1.82, 2.24) is 9.55 Å². The number of carbonyl (C=O) groups is 1. The Kier molecular flexibility index (Phi) is 3.85. The minimum Gasteiger partial charge on any atom is -0.333 e. The second-order valence-corrected chi connectivity index (χ2v) is 9.15. The van der Waals surface area contributed by atoms with Gasteiger partial charge in [0.25, 0.3) is 0 Å². The van der Waals surface area contributed by atoms with Gasteiger partial charge in [-0.25, -0.2) is 4.98 Å². The van der Waals surface area contributed by atoms with Gasteiger partial charge < -0.3 is 4.57 Å². The number of imidazole rings is 1. The molecule has 0 saturated carbocycles. The van der Waals surface area contributed by atoms with Gasteiger partial charge in [-0.15, -0.1) is 0 Å². The summed E-state index contributed by atoms with van der Waals surface area (Å²) < 4.78 is 1.98. The van der Waals surface area contributed by atoms with Crippen molar-refractivity contribution in [3.63, 3.8) is 0 Å². The smallest absolute Gasteiger partial charge is 0.168 e. The van der Waals surface area contributed by atoms with Crippen LogP contribution in [0.1, 0.15) is 31.3 Å². The maximum Gasteiger partial charge on any atom is 0.168 e. The maximum atomic E-state index is 10.8. The standard InChI is InChI=1S/C11H20N2OSi/c1-5-15(6-2,7-3)11-12-8-10(9-14)13(11)4/h8-9H,5-7H2,1-4H3. The molecule has 0 unspecified atom stereocenters. The largest absolute Gasteiger partial charge is 0.333 e. The molecule has 0 N–H and O–H groups in total. The fourth-order valence-electron chi connectivity index (χ4n) is 2.25. The van der Waals surface area contributed by atoms with Crippen molar-refractivity contribution in [2.45, 2.75) is 38.9 Å². The van der Waals surface area contributed by atoms with Crippen molar-refractivity contribution < 1.29 is 4.79 Å². The van der Waals surface area contributed by atoms with E-state index in [2.05, 4.69) is 25.8 Å². The van der Waals surface area contributed by atoms with Crippen LogP contribution in [0.15, 0.2) is 6.20 Å². The summed E-state index contributed by atoms with van der Waals surface area (Å²) in [5, 5.41) is 0. The Balaban J connectivity index is 3.22. The first kappa shape index (κ1) is 12.2. The summed E-state index contributed by atoms with van der Waals surface area (Å²) in [4.78, 5) is 15.3. The number of carbonyl (C=O) groups excluding carboxylic acids is 1. The Bertz CT molecular complexity index is 334. The van der Waals surface area contributed by atoms with Crippen LogP contribution < -0.4 is 5.45 Å². The zero-order chi connectivity index (χ0) is 11.5. The Morgan fingerprint density at radius 1 is 1.33 bits per heavy atom. The first-order valence-electron chi connectivity index (χ1n) is 5.62. The molecular weight excluding hydrogens is 204 g/mol.